The minimum atomic E-state index is -0.494. The maximum Gasteiger partial charge on any atom is 0.159 e. The van der Waals surface area contributed by atoms with Gasteiger partial charge in [-0.1, -0.05) is 12.1 Å². The van der Waals surface area contributed by atoms with Crippen molar-refractivity contribution in [1.82, 2.24) is 9.97 Å². The molecule has 0 fully saturated rings. The van der Waals surface area contributed by atoms with Crippen molar-refractivity contribution in [3.63, 3.8) is 0 Å². The number of halogens is 2. The Labute approximate surface area is 97.7 Å². The summed E-state index contributed by atoms with van der Waals surface area (Å²) in [6, 6.07) is 6.14. The molecule has 0 unspecified atom stereocenters. The van der Waals surface area contributed by atoms with Gasteiger partial charge in [-0.15, -0.1) is 0 Å². The Hall–Kier alpha value is -2.10. The zero-order chi connectivity index (χ0) is 12.3. The van der Waals surface area contributed by atoms with Crippen LogP contribution in [-0.2, 0) is 0 Å². The second-order valence-corrected chi connectivity index (χ2v) is 3.54. The summed E-state index contributed by atoms with van der Waals surface area (Å²) in [5.41, 5.74) is 0.779. The zero-order valence-electron chi connectivity index (χ0n) is 9.19. The van der Waals surface area contributed by atoms with Crippen LogP contribution in [0.1, 0.15) is 12.5 Å². The molecule has 0 saturated heterocycles. The maximum absolute atomic E-state index is 13.6. The molecule has 4 heteroatoms. The number of hydrogen-bond acceptors (Lipinski definition) is 2. The summed E-state index contributed by atoms with van der Waals surface area (Å²) < 4.78 is 26.3. The van der Waals surface area contributed by atoms with Crippen LogP contribution < -0.4 is 0 Å². The van der Waals surface area contributed by atoms with Gasteiger partial charge in [-0.25, -0.2) is 18.7 Å². The first-order chi connectivity index (χ1) is 8.16. The van der Waals surface area contributed by atoms with E-state index in [1.54, 1.807) is 24.5 Å². The van der Waals surface area contributed by atoms with E-state index in [0.29, 0.717) is 11.4 Å². The Balaban J connectivity index is 2.41. The Kier molecular flexibility index (Phi) is 3.23. The molecule has 86 valence electrons. The highest BCUT2D eigenvalue weighted by molar-refractivity contribution is 5.60. The SMILES string of the molecule is C/C(F)=C/c1ccc(-c2ncccn2)cc1F. The third kappa shape index (κ3) is 2.72. The highest BCUT2D eigenvalue weighted by Crippen LogP contribution is 2.20. The Morgan fingerprint density at radius 2 is 1.94 bits per heavy atom. The molecule has 0 amide bonds. The van der Waals surface area contributed by atoms with Gasteiger partial charge in [0, 0.05) is 23.5 Å². The third-order valence-corrected chi connectivity index (χ3v) is 2.18. The summed E-state index contributed by atoms with van der Waals surface area (Å²) in [6.45, 7) is 1.27. The van der Waals surface area contributed by atoms with Crippen molar-refractivity contribution in [2.24, 2.45) is 0 Å². The molecule has 0 aliphatic rings. The summed E-state index contributed by atoms with van der Waals surface area (Å²) in [5, 5.41) is 0. The minimum absolute atomic E-state index is 0.213. The number of rotatable bonds is 2. The van der Waals surface area contributed by atoms with Crippen LogP contribution in [0.15, 0.2) is 42.5 Å². The van der Waals surface area contributed by atoms with E-state index in [0.717, 1.165) is 6.08 Å². The lowest BCUT2D eigenvalue weighted by atomic mass is 10.1. The average Bonchev–Trinajstić information content (AvgIpc) is 2.32. The molecule has 0 saturated carbocycles. The molecular weight excluding hydrogens is 222 g/mol. The lowest BCUT2D eigenvalue weighted by Crippen LogP contribution is -1.89. The molecule has 1 aromatic carbocycles. The van der Waals surface area contributed by atoms with Gasteiger partial charge in [0.2, 0.25) is 0 Å². The van der Waals surface area contributed by atoms with Crippen LogP contribution in [0.25, 0.3) is 17.5 Å². The third-order valence-electron chi connectivity index (χ3n) is 2.18. The number of nitrogens with zero attached hydrogens (tertiary/aromatic N) is 2. The quantitative estimate of drug-likeness (QED) is 0.790. The largest absolute Gasteiger partial charge is 0.237 e. The van der Waals surface area contributed by atoms with Crippen molar-refractivity contribution in [2.75, 3.05) is 0 Å². The molecule has 0 aliphatic carbocycles. The van der Waals surface area contributed by atoms with E-state index in [4.69, 9.17) is 0 Å². The van der Waals surface area contributed by atoms with Gasteiger partial charge in [-0.05, 0) is 25.1 Å². The summed E-state index contributed by atoms with van der Waals surface area (Å²) in [7, 11) is 0. The molecule has 0 aliphatic heterocycles. The van der Waals surface area contributed by atoms with E-state index < -0.39 is 11.6 Å². The highest BCUT2D eigenvalue weighted by Gasteiger charge is 2.05. The van der Waals surface area contributed by atoms with Crippen molar-refractivity contribution >= 4 is 6.08 Å². The normalized spacial score (nSPS) is 11.6. The van der Waals surface area contributed by atoms with Gasteiger partial charge in [-0.3, -0.25) is 0 Å². The predicted molar refractivity (Wildman–Crippen MR) is 62.2 cm³/mol. The Morgan fingerprint density at radius 1 is 1.24 bits per heavy atom. The first-order valence-corrected chi connectivity index (χ1v) is 5.07. The molecule has 1 aromatic heterocycles. The molecule has 2 rings (SSSR count). The summed E-state index contributed by atoms with van der Waals surface area (Å²) >= 11 is 0. The number of hydrogen-bond donors (Lipinski definition) is 0. The Morgan fingerprint density at radius 3 is 2.53 bits per heavy atom. The summed E-state index contributed by atoms with van der Waals surface area (Å²) in [4.78, 5) is 8.03. The van der Waals surface area contributed by atoms with Crippen LogP contribution in [0.3, 0.4) is 0 Å². The predicted octanol–water partition coefficient (Wildman–Crippen LogP) is 3.61. The van der Waals surface area contributed by atoms with E-state index in [-0.39, 0.29) is 5.56 Å². The maximum atomic E-state index is 13.6. The lowest BCUT2D eigenvalue weighted by molar-refractivity contribution is 0.620. The van der Waals surface area contributed by atoms with Crippen molar-refractivity contribution in [1.29, 1.82) is 0 Å². The van der Waals surface area contributed by atoms with Crippen LogP contribution in [0, 0.1) is 5.82 Å². The van der Waals surface area contributed by atoms with E-state index >= 15 is 0 Å². The second-order valence-electron chi connectivity index (χ2n) is 3.54. The molecule has 0 bridgehead atoms. The first-order valence-electron chi connectivity index (χ1n) is 5.07. The number of benzene rings is 1. The fourth-order valence-electron chi connectivity index (χ4n) is 1.45. The monoisotopic (exact) mass is 232 g/mol. The lowest BCUT2D eigenvalue weighted by Gasteiger charge is -2.02. The second kappa shape index (κ2) is 4.82. The van der Waals surface area contributed by atoms with Gasteiger partial charge in [0.05, 0.1) is 5.83 Å². The van der Waals surface area contributed by atoms with Crippen LogP contribution in [-0.4, -0.2) is 9.97 Å². The average molecular weight is 232 g/mol. The standard InChI is InChI=1S/C13H10F2N2/c1-9(14)7-10-3-4-11(8-12(10)15)13-16-5-2-6-17-13/h2-8H,1H3/b9-7-. The smallest absolute Gasteiger partial charge is 0.159 e. The topological polar surface area (TPSA) is 25.8 Å². The van der Waals surface area contributed by atoms with E-state index in [1.165, 1.54) is 19.1 Å². The van der Waals surface area contributed by atoms with Gasteiger partial charge in [-0.2, -0.15) is 0 Å². The van der Waals surface area contributed by atoms with Crippen LogP contribution in [0.5, 0.6) is 0 Å². The molecule has 0 atom stereocenters. The molecule has 0 radical (unpaired) electrons. The van der Waals surface area contributed by atoms with Gasteiger partial charge < -0.3 is 0 Å². The molecule has 2 nitrogen and oxygen atoms in total. The molecule has 1 heterocycles. The van der Waals surface area contributed by atoms with Crippen molar-refractivity contribution in [2.45, 2.75) is 6.92 Å². The van der Waals surface area contributed by atoms with E-state index in [2.05, 4.69) is 9.97 Å². The van der Waals surface area contributed by atoms with Crippen molar-refractivity contribution in [3.8, 4) is 11.4 Å². The number of allylic oxidation sites excluding steroid dienone is 1. The first kappa shape index (κ1) is 11.4. The number of aromatic nitrogens is 2. The van der Waals surface area contributed by atoms with E-state index in [1.807, 2.05) is 0 Å². The molecular formula is C13H10F2N2. The molecule has 0 spiro atoms. The zero-order valence-corrected chi connectivity index (χ0v) is 9.19. The molecule has 0 N–H and O–H groups in total. The minimum Gasteiger partial charge on any atom is -0.237 e. The van der Waals surface area contributed by atoms with Crippen molar-refractivity contribution < 1.29 is 8.78 Å². The van der Waals surface area contributed by atoms with E-state index in [9.17, 15) is 8.78 Å². The fraction of sp³-hybridized carbons (Fsp3) is 0.0769. The van der Waals surface area contributed by atoms with Crippen LogP contribution in [0.2, 0.25) is 0 Å². The Bertz CT molecular complexity index is 547. The fourth-order valence-corrected chi connectivity index (χ4v) is 1.45. The van der Waals surface area contributed by atoms with Gasteiger partial charge >= 0.3 is 0 Å². The summed E-state index contributed by atoms with van der Waals surface area (Å²) in [5.74, 6) is -0.488. The van der Waals surface area contributed by atoms with Gasteiger partial charge in [0.15, 0.2) is 5.82 Å². The molecule has 17 heavy (non-hydrogen) atoms. The van der Waals surface area contributed by atoms with Crippen molar-refractivity contribution in [3.05, 3.63) is 53.9 Å². The molecule has 2 aromatic rings. The van der Waals surface area contributed by atoms with Gasteiger partial charge in [0.25, 0.3) is 0 Å². The summed E-state index contributed by atoms with van der Waals surface area (Å²) in [6.07, 6.45) is 4.31. The van der Waals surface area contributed by atoms with Crippen LogP contribution in [0.4, 0.5) is 8.78 Å². The van der Waals surface area contributed by atoms with Gasteiger partial charge in [0.1, 0.15) is 5.82 Å². The van der Waals surface area contributed by atoms with Crippen LogP contribution >= 0.6 is 0 Å². The highest BCUT2D eigenvalue weighted by atomic mass is 19.1.